The fourth-order valence-corrected chi connectivity index (χ4v) is 2.90. The first-order valence-electron chi connectivity index (χ1n) is 7.32. The van der Waals surface area contributed by atoms with E-state index in [1.165, 1.54) is 12.1 Å². The summed E-state index contributed by atoms with van der Waals surface area (Å²) in [4.78, 5) is 25.8. The monoisotopic (exact) mass is 366 g/mol. The minimum absolute atomic E-state index is 0.0236. The van der Waals surface area contributed by atoms with Crippen LogP contribution in [0.25, 0.3) is 0 Å². The quantitative estimate of drug-likeness (QED) is 0.868. The van der Waals surface area contributed by atoms with Crippen LogP contribution in [0.5, 0.6) is 0 Å². The smallest absolute Gasteiger partial charge is 0.258 e. The largest absolute Gasteiger partial charge is 0.320 e. The van der Waals surface area contributed by atoms with Gasteiger partial charge in [0.25, 0.3) is 5.91 Å². The number of nitrogens with zero attached hydrogens (tertiary/aromatic N) is 1. The van der Waals surface area contributed by atoms with Crippen molar-refractivity contribution in [2.24, 2.45) is 0 Å². The first-order chi connectivity index (χ1) is 11.5. The van der Waals surface area contributed by atoms with Gasteiger partial charge in [-0.3, -0.25) is 9.59 Å². The third-order valence-electron chi connectivity index (χ3n) is 3.76. The van der Waals surface area contributed by atoms with Crippen LogP contribution < -0.4 is 10.2 Å². The zero-order valence-electron chi connectivity index (χ0n) is 12.5. The molecule has 4 nitrogen and oxygen atoms in total. The van der Waals surface area contributed by atoms with Crippen LogP contribution in [0.15, 0.2) is 36.4 Å². The SMILES string of the molecule is O=C(Nc1cc(N2CCCC2=O)ccc1Cl)c1cc(Cl)ccc1F. The van der Waals surface area contributed by atoms with Gasteiger partial charge in [-0.25, -0.2) is 4.39 Å². The molecule has 24 heavy (non-hydrogen) atoms. The Kier molecular flexibility index (Phi) is 4.73. The Morgan fingerprint density at radius 2 is 1.96 bits per heavy atom. The summed E-state index contributed by atoms with van der Waals surface area (Å²) in [6, 6.07) is 8.63. The average Bonchev–Trinajstić information content (AvgIpc) is 2.98. The zero-order chi connectivity index (χ0) is 17.3. The molecule has 0 radical (unpaired) electrons. The summed E-state index contributed by atoms with van der Waals surface area (Å²) >= 11 is 11.9. The van der Waals surface area contributed by atoms with Crippen molar-refractivity contribution in [1.82, 2.24) is 0 Å². The van der Waals surface area contributed by atoms with E-state index in [4.69, 9.17) is 23.2 Å². The highest BCUT2D eigenvalue weighted by molar-refractivity contribution is 6.34. The van der Waals surface area contributed by atoms with Crippen molar-refractivity contribution in [2.45, 2.75) is 12.8 Å². The number of amides is 2. The lowest BCUT2D eigenvalue weighted by Gasteiger charge is -2.17. The number of hydrogen-bond donors (Lipinski definition) is 1. The van der Waals surface area contributed by atoms with Crippen LogP contribution in [0.1, 0.15) is 23.2 Å². The molecule has 0 saturated carbocycles. The van der Waals surface area contributed by atoms with E-state index >= 15 is 0 Å². The first-order valence-corrected chi connectivity index (χ1v) is 8.07. The van der Waals surface area contributed by atoms with E-state index in [1.54, 1.807) is 23.1 Å². The van der Waals surface area contributed by atoms with Crippen LogP contribution in [-0.4, -0.2) is 18.4 Å². The van der Waals surface area contributed by atoms with Gasteiger partial charge in [-0.15, -0.1) is 0 Å². The van der Waals surface area contributed by atoms with Crippen LogP contribution in [0.4, 0.5) is 15.8 Å². The summed E-state index contributed by atoms with van der Waals surface area (Å²) in [7, 11) is 0. The third kappa shape index (κ3) is 3.37. The molecule has 1 fully saturated rings. The van der Waals surface area contributed by atoms with Crippen molar-refractivity contribution >= 4 is 46.4 Å². The molecule has 1 saturated heterocycles. The van der Waals surface area contributed by atoms with E-state index in [0.717, 1.165) is 12.5 Å². The summed E-state index contributed by atoms with van der Waals surface area (Å²) in [5.41, 5.74) is 0.767. The standard InChI is InChI=1S/C17H13Cl2FN2O2/c18-10-3-6-14(20)12(8-10)17(24)21-15-9-11(4-5-13(15)19)22-7-1-2-16(22)23/h3-6,8-9H,1-2,7H2,(H,21,24). The van der Waals surface area contributed by atoms with E-state index in [2.05, 4.69) is 5.32 Å². The molecule has 1 aliphatic heterocycles. The molecular weight excluding hydrogens is 354 g/mol. The number of anilines is 2. The van der Waals surface area contributed by atoms with E-state index in [1.807, 2.05) is 0 Å². The van der Waals surface area contributed by atoms with Crippen molar-refractivity contribution in [2.75, 3.05) is 16.8 Å². The summed E-state index contributed by atoms with van der Waals surface area (Å²) < 4.78 is 13.8. The van der Waals surface area contributed by atoms with Gasteiger partial charge >= 0.3 is 0 Å². The maximum absolute atomic E-state index is 13.8. The van der Waals surface area contributed by atoms with Gasteiger partial charge in [0.15, 0.2) is 0 Å². The predicted molar refractivity (Wildman–Crippen MR) is 92.4 cm³/mol. The molecule has 0 atom stereocenters. The van der Waals surface area contributed by atoms with Crippen molar-refractivity contribution in [1.29, 1.82) is 0 Å². The van der Waals surface area contributed by atoms with Gasteiger partial charge in [-0.1, -0.05) is 23.2 Å². The van der Waals surface area contributed by atoms with Crippen LogP contribution >= 0.6 is 23.2 Å². The van der Waals surface area contributed by atoms with E-state index in [0.29, 0.717) is 29.4 Å². The molecule has 2 aromatic rings. The van der Waals surface area contributed by atoms with Crippen LogP contribution in [0.3, 0.4) is 0 Å². The second kappa shape index (κ2) is 6.79. The Morgan fingerprint density at radius 3 is 2.67 bits per heavy atom. The Bertz CT molecular complexity index is 826. The van der Waals surface area contributed by atoms with Crippen molar-refractivity contribution in [3.63, 3.8) is 0 Å². The molecule has 0 bridgehead atoms. The average molecular weight is 367 g/mol. The van der Waals surface area contributed by atoms with Gasteiger partial charge in [0.2, 0.25) is 5.91 Å². The van der Waals surface area contributed by atoms with Gasteiger partial charge in [-0.05, 0) is 42.8 Å². The van der Waals surface area contributed by atoms with Crippen LogP contribution in [-0.2, 0) is 4.79 Å². The Labute approximate surface area is 148 Å². The summed E-state index contributed by atoms with van der Waals surface area (Å²) in [6.07, 6.45) is 1.29. The molecule has 2 aromatic carbocycles. The van der Waals surface area contributed by atoms with Crippen LogP contribution in [0.2, 0.25) is 10.0 Å². The van der Waals surface area contributed by atoms with Crippen molar-refractivity contribution in [3.05, 3.63) is 57.8 Å². The normalized spacial score (nSPS) is 14.1. The Morgan fingerprint density at radius 1 is 1.17 bits per heavy atom. The lowest BCUT2D eigenvalue weighted by Crippen LogP contribution is -2.24. The minimum Gasteiger partial charge on any atom is -0.320 e. The maximum Gasteiger partial charge on any atom is 0.258 e. The summed E-state index contributed by atoms with van der Waals surface area (Å²) in [5, 5.41) is 3.11. The van der Waals surface area contributed by atoms with Crippen molar-refractivity contribution < 1.29 is 14.0 Å². The maximum atomic E-state index is 13.8. The Balaban J connectivity index is 1.88. The molecule has 1 aliphatic rings. The van der Waals surface area contributed by atoms with E-state index in [-0.39, 0.29) is 16.5 Å². The second-order valence-electron chi connectivity index (χ2n) is 5.39. The number of hydrogen-bond acceptors (Lipinski definition) is 2. The lowest BCUT2D eigenvalue weighted by molar-refractivity contribution is -0.117. The lowest BCUT2D eigenvalue weighted by atomic mass is 10.2. The molecule has 0 unspecified atom stereocenters. The number of carbonyl (C=O) groups excluding carboxylic acids is 2. The number of benzene rings is 2. The predicted octanol–water partition coefficient (Wildman–Crippen LogP) is 4.51. The summed E-state index contributed by atoms with van der Waals surface area (Å²) in [6.45, 7) is 0.622. The number of halogens is 3. The fraction of sp³-hybridized carbons (Fsp3) is 0.176. The molecule has 124 valence electrons. The number of nitrogens with one attached hydrogen (secondary N) is 1. The number of carbonyl (C=O) groups is 2. The molecule has 1 N–H and O–H groups in total. The topological polar surface area (TPSA) is 49.4 Å². The van der Waals surface area contributed by atoms with Gasteiger partial charge in [-0.2, -0.15) is 0 Å². The van der Waals surface area contributed by atoms with E-state index < -0.39 is 11.7 Å². The molecule has 3 rings (SSSR count). The van der Waals surface area contributed by atoms with Gasteiger partial charge < -0.3 is 10.2 Å². The van der Waals surface area contributed by atoms with Gasteiger partial charge in [0, 0.05) is 23.7 Å². The van der Waals surface area contributed by atoms with Gasteiger partial charge in [0.1, 0.15) is 5.82 Å². The fourth-order valence-electron chi connectivity index (χ4n) is 2.56. The minimum atomic E-state index is -0.682. The second-order valence-corrected chi connectivity index (χ2v) is 6.24. The zero-order valence-corrected chi connectivity index (χ0v) is 14.0. The molecule has 1 heterocycles. The van der Waals surface area contributed by atoms with Gasteiger partial charge in [0.05, 0.1) is 16.3 Å². The van der Waals surface area contributed by atoms with Crippen LogP contribution in [0, 0.1) is 5.82 Å². The summed E-state index contributed by atoms with van der Waals surface area (Å²) in [5.74, 6) is -1.32. The third-order valence-corrected chi connectivity index (χ3v) is 4.32. The molecular formula is C17H13Cl2FN2O2. The number of rotatable bonds is 3. The highest BCUT2D eigenvalue weighted by atomic mass is 35.5. The highest BCUT2D eigenvalue weighted by Crippen LogP contribution is 2.30. The van der Waals surface area contributed by atoms with Crippen molar-refractivity contribution in [3.8, 4) is 0 Å². The molecule has 0 spiro atoms. The molecule has 2 amide bonds. The molecule has 0 aliphatic carbocycles. The Hall–Kier alpha value is -2.11. The van der Waals surface area contributed by atoms with E-state index in [9.17, 15) is 14.0 Å². The highest BCUT2D eigenvalue weighted by Gasteiger charge is 2.23. The molecule has 0 aromatic heterocycles. The molecule has 7 heteroatoms. The first kappa shape index (κ1) is 16.7.